The van der Waals surface area contributed by atoms with E-state index in [1.165, 1.54) is 13.2 Å². The first-order valence-corrected chi connectivity index (χ1v) is 7.96. The van der Waals surface area contributed by atoms with E-state index in [1.54, 1.807) is 32.0 Å². The van der Waals surface area contributed by atoms with Crippen LogP contribution in [0.5, 0.6) is 0 Å². The molecule has 0 fully saturated rings. The molecule has 0 radical (unpaired) electrons. The predicted molar refractivity (Wildman–Crippen MR) is 78.6 cm³/mol. The molecule has 1 rings (SSSR count). The van der Waals surface area contributed by atoms with Crippen LogP contribution in [0.2, 0.25) is 0 Å². The molecule has 0 atom stereocenters. The van der Waals surface area contributed by atoms with Crippen molar-refractivity contribution in [2.45, 2.75) is 25.5 Å². The fraction of sp³-hybridized carbons (Fsp3) is 0.429. The molecule has 1 aromatic carbocycles. The molecule has 0 bridgehead atoms. The van der Waals surface area contributed by atoms with Crippen molar-refractivity contribution in [3.8, 4) is 6.07 Å². The van der Waals surface area contributed by atoms with Crippen molar-refractivity contribution in [3.05, 3.63) is 29.3 Å². The summed E-state index contributed by atoms with van der Waals surface area (Å²) in [6, 6.07) is 6.71. The van der Waals surface area contributed by atoms with E-state index in [-0.39, 0.29) is 12.3 Å². The average molecular weight is 294 g/mol. The zero-order valence-corrected chi connectivity index (χ0v) is 12.8. The molecular formula is C14H18N2O3S. The summed E-state index contributed by atoms with van der Waals surface area (Å²) in [5.74, 6) is -0.111. The van der Waals surface area contributed by atoms with Gasteiger partial charge in [-0.1, -0.05) is 0 Å². The SMILES string of the molecule is CC(=O)c1ccc(C#N)c(NCC(C)(C)S(C)(=O)=O)c1. The first-order chi connectivity index (χ1) is 9.08. The molecule has 0 aliphatic carbocycles. The lowest BCUT2D eigenvalue weighted by molar-refractivity contribution is 0.101. The smallest absolute Gasteiger partial charge is 0.159 e. The number of benzene rings is 1. The summed E-state index contributed by atoms with van der Waals surface area (Å²) in [6.45, 7) is 4.81. The summed E-state index contributed by atoms with van der Waals surface area (Å²) in [5.41, 5.74) is 1.32. The van der Waals surface area contributed by atoms with Gasteiger partial charge in [0.05, 0.1) is 16.0 Å². The van der Waals surface area contributed by atoms with Gasteiger partial charge in [0.25, 0.3) is 0 Å². The zero-order valence-electron chi connectivity index (χ0n) is 12.0. The first-order valence-electron chi connectivity index (χ1n) is 6.07. The van der Waals surface area contributed by atoms with E-state index < -0.39 is 14.6 Å². The standard InChI is InChI=1S/C14H18N2O3S/c1-10(17)11-5-6-12(8-15)13(7-11)16-9-14(2,3)20(4,18)19/h5-7,16H,9H2,1-4H3. The van der Waals surface area contributed by atoms with Gasteiger partial charge in [-0.05, 0) is 39.0 Å². The molecule has 0 aliphatic rings. The summed E-state index contributed by atoms with van der Waals surface area (Å²) < 4.78 is 22.3. The number of ketones is 1. The number of carbonyl (C=O) groups is 1. The van der Waals surface area contributed by atoms with Crippen molar-refractivity contribution < 1.29 is 13.2 Å². The highest BCUT2D eigenvalue weighted by molar-refractivity contribution is 7.92. The third-order valence-corrected chi connectivity index (χ3v) is 5.41. The number of nitriles is 1. The Balaban J connectivity index is 3.07. The maximum absolute atomic E-state index is 11.6. The molecule has 108 valence electrons. The number of hydrogen-bond donors (Lipinski definition) is 1. The van der Waals surface area contributed by atoms with Crippen LogP contribution in [0.1, 0.15) is 36.7 Å². The minimum absolute atomic E-state index is 0.111. The fourth-order valence-electron chi connectivity index (χ4n) is 1.45. The van der Waals surface area contributed by atoms with Crippen LogP contribution in [-0.2, 0) is 9.84 Å². The molecule has 6 heteroatoms. The van der Waals surface area contributed by atoms with Crippen molar-refractivity contribution >= 4 is 21.3 Å². The number of sulfone groups is 1. The third kappa shape index (κ3) is 3.58. The van der Waals surface area contributed by atoms with Crippen molar-refractivity contribution in [3.63, 3.8) is 0 Å². The van der Waals surface area contributed by atoms with Crippen molar-refractivity contribution in [2.24, 2.45) is 0 Å². The topological polar surface area (TPSA) is 87.0 Å². The highest BCUT2D eigenvalue weighted by Crippen LogP contribution is 2.21. The molecule has 20 heavy (non-hydrogen) atoms. The van der Waals surface area contributed by atoms with Gasteiger partial charge in [-0.2, -0.15) is 5.26 Å². The molecule has 0 saturated carbocycles. The van der Waals surface area contributed by atoms with Gasteiger partial charge >= 0.3 is 0 Å². The number of hydrogen-bond acceptors (Lipinski definition) is 5. The Morgan fingerprint density at radius 3 is 2.45 bits per heavy atom. The van der Waals surface area contributed by atoms with Crippen LogP contribution in [0.4, 0.5) is 5.69 Å². The van der Waals surface area contributed by atoms with Crippen LogP contribution in [0.3, 0.4) is 0 Å². The summed E-state index contributed by atoms with van der Waals surface area (Å²) in [7, 11) is -3.23. The van der Waals surface area contributed by atoms with Crippen LogP contribution in [0.25, 0.3) is 0 Å². The monoisotopic (exact) mass is 294 g/mol. The Labute approximate surface area is 119 Å². The Morgan fingerprint density at radius 2 is 2.00 bits per heavy atom. The lowest BCUT2D eigenvalue weighted by Crippen LogP contribution is -2.38. The molecule has 0 amide bonds. The highest BCUT2D eigenvalue weighted by atomic mass is 32.2. The number of nitrogens with zero attached hydrogens (tertiary/aromatic N) is 1. The van der Waals surface area contributed by atoms with Gasteiger partial charge in [0.2, 0.25) is 0 Å². The minimum atomic E-state index is -3.23. The van der Waals surface area contributed by atoms with E-state index in [2.05, 4.69) is 5.32 Å². The van der Waals surface area contributed by atoms with Gasteiger partial charge < -0.3 is 5.32 Å². The van der Waals surface area contributed by atoms with Crippen molar-refractivity contribution in [1.29, 1.82) is 5.26 Å². The third-order valence-electron chi connectivity index (χ3n) is 3.25. The summed E-state index contributed by atoms with van der Waals surface area (Å²) in [4.78, 5) is 11.4. The lowest BCUT2D eigenvalue weighted by Gasteiger charge is -2.23. The van der Waals surface area contributed by atoms with Crippen LogP contribution in [0.15, 0.2) is 18.2 Å². The van der Waals surface area contributed by atoms with Crippen molar-refractivity contribution in [2.75, 3.05) is 18.1 Å². The van der Waals surface area contributed by atoms with Gasteiger partial charge in [0.1, 0.15) is 6.07 Å². The van der Waals surface area contributed by atoms with Crippen molar-refractivity contribution in [1.82, 2.24) is 0 Å². The average Bonchev–Trinajstić information content (AvgIpc) is 2.34. The Morgan fingerprint density at radius 1 is 1.40 bits per heavy atom. The van der Waals surface area contributed by atoms with Gasteiger partial charge in [-0.25, -0.2) is 8.42 Å². The summed E-state index contributed by atoms with van der Waals surface area (Å²) in [6.07, 6.45) is 1.17. The number of rotatable bonds is 5. The molecule has 1 N–H and O–H groups in total. The lowest BCUT2D eigenvalue weighted by atomic mass is 10.1. The van der Waals surface area contributed by atoms with Gasteiger partial charge in [0, 0.05) is 18.4 Å². The van der Waals surface area contributed by atoms with Gasteiger partial charge in [-0.3, -0.25) is 4.79 Å². The van der Waals surface area contributed by atoms with E-state index >= 15 is 0 Å². The van der Waals surface area contributed by atoms with E-state index in [4.69, 9.17) is 5.26 Å². The molecule has 5 nitrogen and oxygen atoms in total. The molecule has 0 saturated heterocycles. The fourth-order valence-corrected chi connectivity index (χ4v) is 1.78. The normalized spacial score (nSPS) is 11.8. The van der Waals surface area contributed by atoms with Crippen LogP contribution >= 0.6 is 0 Å². The second-order valence-electron chi connectivity index (χ2n) is 5.31. The molecule has 0 spiro atoms. The second-order valence-corrected chi connectivity index (χ2v) is 7.96. The largest absolute Gasteiger partial charge is 0.382 e. The molecule has 0 aliphatic heterocycles. The molecule has 0 heterocycles. The van der Waals surface area contributed by atoms with E-state index in [0.29, 0.717) is 16.8 Å². The molecular weight excluding hydrogens is 276 g/mol. The van der Waals surface area contributed by atoms with Gasteiger partial charge in [0.15, 0.2) is 15.6 Å². The predicted octanol–water partition coefficient (Wildman–Crippen LogP) is 2.00. The van der Waals surface area contributed by atoms with E-state index in [9.17, 15) is 13.2 Å². The maximum Gasteiger partial charge on any atom is 0.159 e. The number of anilines is 1. The number of nitrogens with one attached hydrogen (secondary N) is 1. The van der Waals surface area contributed by atoms with E-state index in [0.717, 1.165) is 0 Å². The molecule has 0 aromatic heterocycles. The van der Waals surface area contributed by atoms with Gasteiger partial charge in [-0.15, -0.1) is 0 Å². The minimum Gasteiger partial charge on any atom is -0.382 e. The number of carbonyl (C=O) groups excluding carboxylic acids is 1. The van der Waals surface area contributed by atoms with Crippen LogP contribution < -0.4 is 5.32 Å². The summed E-state index contributed by atoms with van der Waals surface area (Å²) in [5, 5.41) is 12.0. The molecule has 0 unspecified atom stereocenters. The quantitative estimate of drug-likeness (QED) is 0.839. The Bertz CT molecular complexity index is 670. The Kier molecular flexibility index (Phi) is 4.56. The van der Waals surface area contributed by atoms with Crippen LogP contribution in [-0.4, -0.2) is 31.7 Å². The first kappa shape index (κ1) is 16.2. The second kappa shape index (κ2) is 5.63. The zero-order chi connectivity index (χ0) is 15.6. The van der Waals surface area contributed by atoms with E-state index in [1.807, 2.05) is 6.07 Å². The number of Topliss-reactive ketones (excluding diaryl/α,β-unsaturated/α-hetero) is 1. The van der Waals surface area contributed by atoms with Crippen LogP contribution in [0, 0.1) is 11.3 Å². The maximum atomic E-state index is 11.6. The summed E-state index contributed by atoms with van der Waals surface area (Å²) >= 11 is 0. The Hall–Kier alpha value is -1.87. The highest BCUT2D eigenvalue weighted by Gasteiger charge is 2.30. The molecule has 1 aromatic rings.